The molecule has 1 heterocycles. The summed E-state index contributed by atoms with van der Waals surface area (Å²) in [5, 5.41) is 8.93. The van der Waals surface area contributed by atoms with Crippen molar-refractivity contribution in [2.75, 3.05) is 0 Å². The van der Waals surface area contributed by atoms with Crippen LogP contribution in [0.2, 0.25) is 0 Å². The zero-order valence-corrected chi connectivity index (χ0v) is 7.25. The first-order chi connectivity index (χ1) is 5.71. The number of carbonyl (C=O) groups is 1. The van der Waals surface area contributed by atoms with Gasteiger partial charge in [0.15, 0.2) is 0 Å². The molecule has 0 fully saturated rings. The topological polar surface area (TPSA) is 46.5 Å². The van der Waals surface area contributed by atoms with Crippen molar-refractivity contribution in [2.24, 2.45) is 0 Å². The van der Waals surface area contributed by atoms with Crippen LogP contribution in [0.25, 0.3) is 0 Å². The molecule has 0 aromatic rings. The van der Waals surface area contributed by atoms with Crippen molar-refractivity contribution in [3.05, 3.63) is 12.3 Å². The molecule has 1 aliphatic rings. The molecule has 0 aliphatic carbocycles. The Hall–Kier alpha value is -0.990. The van der Waals surface area contributed by atoms with E-state index in [1.54, 1.807) is 6.08 Å². The first kappa shape index (κ1) is 9.10. The van der Waals surface area contributed by atoms with Gasteiger partial charge in [0.2, 0.25) is 5.60 Å². The molecule has 3 heteroatoms. The van der Waals surface area contributed by atoms with Gasteiger partial charge in [-0.3, -0.25) is 0 Å². The highest BCUT2D eigenvalue weighted by Crippen LogP contribution is 2.29. The Labute approximate surface area is 72.0 Å². The van der Waals surface area contributed by atoms with Gasteiger partial charge in [0.05, 0.1) is 6.26 Å². The molecule has 0 aromatic carbocycles. The van der Waals surface area contributed by atoms with Gasteiger partial charge >= 0.3 is 5.97 Å². The third-order valence-corrected chi connectivity index (χ3v) is 2.16. The van der Waals surface area contributed by atoms with E-state index in [-0.39, 0.29) is 0 Å². The summed E-state index contributed by atoms with van der Waals surface area (Å²) < 4.78 is 5.12. The van der Waals surface area contributed by atoms with Crippen LogP contribution in [0.5, 0.6) is 0 Å². The molecule has 0 aromatic heterocycles. The van der Waals surface area contributed by atoms with Gasteiger partial charge in [-0.2, -0.15) is 0 Å². The summed E-state index contributed by atoms with van der Waals surface area (Å²) in [5.41, 5.74) is -0.948. The molecule has 0 amide bonds. The zero-order chi connectivity index (χ0) is 9.03. The van der Waals surface area contributed by atoms with Crippen molar-refractivity contribution < 1.29 is 14.6 Å². The Morgan fingerprint density at radius 3 is 2.92 bits per heavy atom. The third kappa shape index (κ3) is 1.60. The minimum absolute atomic E-state index is 0.502. The molecule has 3 nitrogen and oxygen atoms in total. The third-order valence-electron chi connectivity index (χ3n) is 2.16. The van der Waals surface area contributed by atoms with Crippen LogP contribution in [-0.2, 0) is 9.53 Å². The lowest BCUT2D eigenvalue weighted by Crippen LogP contribution is -2.37. The van der Waals surface area contributed by atoms with Gasteiger partial charge in [-0.05, 0) is 18.9 Å². The number of rotatable bonds is 4. The maximum atomic E-state index is 10.9. The molecule has 1 atom stereocenters. The molecule has 1 aliphatic heterocycles. The normalized spacial score (nSPS) is 27.1. The van der Waals surface area contributed by atoms with Crippen LogP contribution in [0.4, 0.5) is 0 Å². The highest BCUT2D eigenvalue weighted by atomic mass is 16.5. The van der Waals surface area contributed by atoms with Crippen molar-refractivity contribution >= 4 is 5.97 Å². The van der Waals surface area contributed by atoms with E-state index in [9.17, 15) is 4.79 Å². The van der Waals surface area contributed by atoms with Gasteiger partial charge < -0.3 is 9.84 Å². The maximum absolute atomic E-state index is 10.9. The van der Waals surface area contributed by atoms with Crippen LogP contribution in [0.3, 0.4) is 0 Å². The fraction of sp³-hybridized carbons (Fsp3) is 0.667. The maximum Gasteiger partial charge on any atom is 0.348 e. The molecular weight excluding hydrogens is 156 g/mol. The Morgan fingerprint density at radius 1 is 1.75 bits per heavy atom. The Bertz CT molecular complexity index is 188. The number of aliphatic carboxylic acids is 1. The molecule has 0 saturated carbocycles. The van der Waals surface area contributed by atoms with Crippen molar-refractivity contribution in [2.45, 2.75) is 38.2 Å². The predicted molar refractivity (Wildman–Crippen MR) is 44.7 cm³/mol. The number of carboxylic acids is 1. The van der Waals surface area contributed by atoms with Gasteiger partial charge in [0, 0.05) is 6.42 Å². The second-order valence-electron chi connectivity index (χ2n) is 3.10. The van der Waals surface area contributed by atoms with Gasteiger partial charge in [-0.15, -0.1) is 0 Å². The summed E-state index contributed by atoms with van der Waals surface area (Å²) in [6.07, 6.45) is 6.26. The minimum Gasteiger partial charge on any atom is -0.483 e. The van der Waals surface area contributed by atoms with E-state index in [0.29, 0.717) is 12.8 Å². The molecule has 1 rings (SSSR count). The second-order valence-corrected chi connectivity index (χ2v) is 3.10. The van der Waals surface area contributed by atoms with Gasteiger partial charge in [0.1, 0.15) is 0 Å². The van der Waals surface area contributed by atoms with Crippen LogP contribution in [0.1, 0.15) is 32.6 Å². The number of ether oxygens (including phenoxy) is 1. The SMILES string of the molecule is CCCCC1(C(=O)O)CC=CO1. The van der Waals surface area contributed by atoms with Gasteiger partial charge in [0.25, 0.3) is 0 Å². The van der Waals surface area contributed by atoms with E-state index in [4.69, 9.17) is 9.84 Å². The smallest absolute Gasteiger partial charge is 0.348 e. The molecule has 12 heavy (non-hydrogen) atoms. The van der Waals surface area contributed by atoms with Crippen molar-refractivity contribution in [1.29, 1.82) is 0 Å². The van der Waals surface area contributed by atoms with E-state index in [1.165, 1.54) is 6.26 Å². The molecule has 0 spiro atoms. The Balaban J connectivity index is 2.55. The summed E-state index contributed by atoms with van der Waals surface area (Å²) >= 11 is 0. The lowest BCUT2D eigenvalue weighted by molar-refractivity contribution is -0.158. The minimum atomic E-state index is -0.948. The fourth-order valence-electron chi connectivity index (χ4n) is 1.33. The predicted octanol–water partition coefficient (Wildman–Crippen LogP) is 1.93. The first-order valence-electron chi connectivity index (χ1n) is 4.27. The average Bonchev–Trinajstić information content (AvgIpc) is 2.50. The van der Waals surface area contributed by atoms with E-state index < -0.39 is 11.6 Å². The number of hydrogen-bond donors (Lipinski definition) is 1. The summed E-state index contributed by atoms with van der Waals surface area (Å²) in [5.74, 6) is -0.846. The van der Waals surface area contributed by atoms with Crippen LogP contribution in [0.15, 0.2) is 12.3 Å². The summed E-state index contributed by atoms with van der Waals surface area (Å²) in [7, 11) is 0. The Morgan fingerprint density at radius 2 is 2.50 bits per heavy atom. The van der Waals surface area contributed by atoms with Crippen molar-refractivity contribution in [3.8, 4) is 0 Å². The van der Waals surface area contributed by atoms with Crippen LogP contribution < -0.4 is 0 Å². The molecule has 0 bridgehead atoms. The van der Waals surface area contributed by atoms with Gasteiger partial charge in [-0.1, -0.05) is 13.3 Å². The van der Waals surface area contributed by atoms with Gasteiger partial charge in [-0.25, -0.2) is 4.79 Å². The molecule has 0 saturated heterocycles. The van der Waals surface area contributed by atoms with Crippen molar-refractivity contribution in [1.82, 2.24) is 0 Å². The summed E-state index contributed by atoms with van der Waals surface area (Å²) in [6.45, 7) is 2.04. The summed E-state index contributed by atoms with van der Waals surface area (Å²) in [4.78, 5) is 10.9. The average molecular weight is 170 g/mol. The number of hydrogen-bond acceptors (Lipinski definition) is 2. The monoisotopic (exact) mass is 170 g/mol. The van der Waals surface area contributed by atoms with Crippen LogP contribution in [-0.4, -0.2) is 16.7 Å². The van der Waals surface area contributed by atoms with E-state index in [1.807, 2.05) is 6.92 Å². The van der Waals surface area contributed by atoms with Crippen LogP contribution in [0, 0.1) is 0 Å². The van der Waals surface area contributed by atoms with E-state index in [0.717, 1.165) is 12.8 Å². The lowest BCUT2D eigenvalue weighted by Gasteiger charge is -2.23. The van der Waals surface area contributed by atoms with E-state index >= 15 is 0 Å². The highest BCUT2D eigenvalue weighted by Gasteiger charge is 2.40. The largest absolute Gasteiger partial charge is 0.483 e. The second kappa shape index (κ2) is 3.61. The molecule has 0 radical (unpaired) electrons. The standard InChI is InChI=1S/C9H14O3/c1-2-3-5-9(8(10)11)6-4-7-12-9/h4,7H,2-3,5-6H2,1H3,(H,10,11). The molecule has 1 unspecified atom stereocenters. The number of carboxylic acid groups (broad SMARTS) is 1. The first-order valence-corrected chi connectivity index (χ1v) is 4.27. The number of unbranched alkanes of at least 4 members (excludes halogenated alkanes) is 1. The summed E-state index contributed by atoms with van der Waals surface area (Å²) in [6, 6.07) is 0. The zero-order valence-electron chi connectivity index (χ0n) is 7.25. The highest BCUT2D eigenvalue weighted by molar-refractivity contribution is 5.78. The van der Waals surface area contributed by atoms with Crippen LogP contribution >= 0.6 is 0 Å². The fourth-order valence-corrected chi connectivity index (χ4v) is 1.33. The molecule has 1 N–H and O–H groups in total. The molecular formula is C9H14O3. The Kier molecular flexibility index (Phi) is 2.74. The van der Waals surface area contributed by atoms with E-state index in [2.05, 4.69) is 0 Å². The van der Waals surface area contributed by atoms with Crippen molar-refractivity contribution in [3.63, 3.8) is 0 Å². The lowest BCUT2D eigenvalue weighted by atomic mass is 9.94. The quantitative estimate of drug-likeness (QED) is 0.701. The molecule has 68 valence electrons.